The number of aromatic nitrogens is 1. The molecular weight excluding hydrogens is 254 g/mol. The second kappa shape index (κ2) is 6.62. The van der Waals surface area contributed by atoms with Gasteiger partial charge in [0, 0.05) is 48.4 Å². The SMILES string of the molecule is Cc1cc(C)c(CNC(C)C)c(N2CCSCC2)n1. The first-order valence-electron chi connectivity index (χ1n) is 7.11. The summed E-state index contributed by atoms with van der Waals surface area (Å²) in [7, 11) is 0. The van der Waals surface area contributed by atoms with Gasteiger partial charge in [-0.05, 0) is 25.5 Å². The minimum absolute atomic E-state index is 0.505. The summed E-state index contributed by atoms with van der Waals surface area (Å²) < 4.78 is 0. The minimum Gasteiger partial charge on any atom is -0.355 e. The van der Waals surface area contributed by atoms with Gasteiger partial charge in [0.1, 0.15) is 5.82 Å². The lowest BCUT2D eigenvalue weighted by atomic mass is 10.1. The predicted molar refractivity (Wildman–Crippen MR) is 85.2 cm³/mol. The topological polar surface area (TPSA) is 28.2 Å². The van der Waals surface area contributed by atoms with Gasteiger partial charge in [0.15, 0.2) is 0 Å². The number of thioether (sulfide) groups is 1. The molecule has 0 aliphatic carbocycles. The third-order valence-corrected chi connectivity index (χ3v) is 4.39. The molecule has 1 saturated heterocycles. The fourth-order valence-corrected chi connectivity index (χ4v) is 3.31. The summed E-state index contributed by atoms with van der Waals surface area (Å²) in [4.78, 5) is 7.26. The Morgan fingerprint density at radius 1 is 1.32 bits per heavy atom. The maximum Gasteiger partial charge on any atom is 0.133 e. The average Bonchev–Trinajstić information content (AvgIpc) is 2.37. The molecule has 0 radical (unpaired) electrons. The molecule has 1 aromatic rings. The van der Waals surface area contributed by atoms with E-state index < -0.39 is 0 Å². The largest absolute Gasteiger partial charge is 0.355 e. The van der Waals surface area contributed by atoms with Crippen molar-refractivity contribution in [3.05, 3.63) is 22.9 Å². The number of hydrogen-bond acceptors (Lipinski definition) is 4. The van der Waals surface area contributed by atoms with Crippen molar-refractivity contribution in [1.29, 1.82) is 0 Å². The van der Waals surface area contributed by atoms with Crippen LogP contribution in [-0.2, 0) is 6.54 Å². The fraction of sp³-hybridized carbons (Fsp3) is 0.667. The molecule has 0 unspecified atom stereocenters. The van der Waals surface area contributed by atoms with E-state index in [1.807, 2.05) is 11.8 Å². The molecule has 2 heterocycles. The number of hydrogen-bond donors (Lipinski definition) is 1. The second-order valence-corrected chi connectivity index (χ2v) is 6.74. The molecule has 4 heteroatoms. The van der Waals surface area contributed by atoms with E-state index in [1.54, 1.807) is 0 Å². The van der Waals surface area contributed by atoms with Crippen molar-refractivity contribution in [3.8, 4) is 0 Å². The zero-order valence-electron chi connectivity index (χ0n) is 12.5. The molecule has 0 spiro atoms. The molecule has 0 bridgehead atoms. The van der Waals surface area contributed by atoms with Gasteiger partial charge in [-0.25, -0.2) is 4.98 Å². The van der Waals surface area contributed by atoms with Gasteiger partial charge >= 0.3 is 0 Å². The molecule has 1 aromatic heterocycles. The third-order valence-electron chi connectivity index (χ3n) is 3.45. The highest BCUT2D eigenvalue weighted by Gasteiger charge is 2.18. The number of nitrogens with zero attached hydrogens (tertiary/aromatic N) is 2. The predicted octanol–water partition coefficient (Wildman–Crippen LogP) is 2.75. The van der Waals surface area contributed by atoms with Crippen LogP contribution in [-0.4, -0.2) is 35.6 Å². The Hall–Kier alpha value is -0.740. The van der Waals surface area contributed by atoms with E-state index in [-0.39, 0.29) is 0 Å². The van der Waals surface area contributed by atoms with E-state index in [4.69, 9.17) is 4.98 Å². The van der Waals surface area contributed by atoms with Crippen LogP contribution in [0.5, 0.6) is 0 Å². The van der Waals surface area contributed by atoms with Gasteiger partial charge in [-0.2, -0.15) is 11.8 Å². The summed E-state index contributed by atoms with van der Waals surface area (Å²) in [6.07, 6.45) is 0. The molecule has 1 aliphatic heterocycles. The first kappa shape index (κ1) is 14.7. The van der Waals surface area contributed by atoms with E-state index in [9.17, 15) is 0 Å². The van der Waals surface area contributed by atoms with Crippen LogP contribution in [0.3, 0.4) is 0 Å². The summed E-state index contributed by atoms with van der Waals surface area (Å²) in [5, 5.41) is 3.53. The number of pyridine rings is 1. The summed E-state index contributed by atoms with van der Waals surface area (Å²) in [6.45, 7) is 11.8. The monoisotopic (exact) mass is 279 g/mol. The molecule has 0 amide bonds. The molecular formula is C15H25N3S. The van der Waals surface area contributed by atoms with Gasteiger partial charge in [0.05, 0.1) is 0 Å². The number of aryl methyl sites for hydroxylation is 2. The summed E-state index contributed by atoms with van der Waals surface area (Å²) in [6, 6.07) is 2.70. The Kier molecular flexibility index (Phi) is 5.11. The van der Waals surface area contributed by atoms with Crippen molar-refractivity contribution in [2.75, 3.05) is 29.5 Å². The van der Waals surface area contributed by atoms with E-state index in [2.05, 4.69) is 44.0 Å². The van der Waals surface area contributed by atoms with Crippen molar-refractivity contribution in [2.45, 2.75) is 40.3 Å². The van der Waals surface area contributed by atoms with Crippen LogP contribution in [0.1, 0.15) is 30.7 Å². The first-order valence-corrected chi connectivity index (χ1v) is 8.26. The smallest absolute Gasteiger partial charge is 0.133 e. The zero-order chi connectivity index (χ0) is 13.8. The zero-order valence-corrected chi connectivity index (χ0v) is 13.3. The van der Waals surface area contributed by atoms with Crippen molar-refractivity contribution in [1.82, 2.24) is 10.3 Å². The second-order valence-electron chi connectivity index (χ2n) is 5.52. The molecule has 0 saturated carbocycles. The van der Waals surface area contributed by atoms with E-state index >= 15 is 0 Å². The van der Waals surface area contributed by atoms with Crippen LogP contribution in [0.15, 0.2) is 6.07 Å². The molecule has 1 N–H and O–H groups in total. The average molecular weight is 279 g/mol. The van der Waals surface area contributed by atoms with E-state index in [0.29, 0.717) is 6.04 Å². The summed E-state index contributed by atoms with van der Waals surface area (Å²) >= 11 is 2.04. The molecule has 0 aromatic carbocycles. The van der Waals surface area contributed by atoms with Gasteiger partial charge in [-0.15, -0.1) is 0 Å². The highest BCUT2D eigenvalue weighted by molar-refractivity contribution is 7.99. The van der Waals surface area contributed by atoms with Gasteiger partial charge in [-0.1, -0.05) is 13.8 Å². The highest BCUT2D eigenvalue weighted by atomic mass is 32.2. The first-order chi connectivity index (χ1) is 9.08. The van der Waals surface area contributed by atoms with Crippen LogP contribution in [0.25, 0.3) is 0 Å². The van der Waals surface area contributed by atoms with Gasteiger partial charge < -0.3 is 10.2 Å². The highest BCUT2D eigenvalue weighted by Crippen LogP contribution is 2.25. The van der Waals surface area contributed by atoms with Crippen LogP contribution < -0.4 is 10.2 Å². The van der Waals surface area contributed by atoms with E-state index in [0.717, 1.165) is 25.3 Å². The molecule has 2 rings (SSSR count). The Balaban J connectivity index is 2.27. The number of nitrogens with one attached hydrogen (secondary N) is 1. The van der Waals surface area contributed by atoms with Crippen LogP contribution in [0, 0.1) is 13.8 Å². The Morgan fingerprint density at radius 2 is 2.00 bits per heavy atom. The fourth-order valence-electron chi connectivity index (χ4n) is 2.40. The normalized spacial score (nSPS) is 16.2. The van der Waals surface area contributed by atoms with Crippen LogP contribution in [0.2, 0.25) is 0 Å². The van der Waals surface area contributed by atoms with Crippen molar-refractivity contribution >= 4 is 17.6 Å². The summed E-state index contributed by atoms with van der Waals surface area (Å²) in [5.41, 5.74) is 3.85. The van der Waals surface area contributed by atoms with Crippen molar-refractivity contribution in [3.63, 3.8) is 0 Å². The van der Waals surface area contributed by atoms with Crippen LogP contribution >= 0.6 is 11.8 Å². The lowest BCUT2D eigenvalue weighted by molar-refractivity contribution is 0.585. The Labute approximate surface area is 121 Å². The Bertz CT molecular complexity index is 426. The lowest BCUT2D eigenvalue weighted by Gasteiger charge is -2.30. The maximum absolute atomic E-state index is 4.81. The summed E-state index contributed by atoms with van der Waals surface area (Å²) in [5.74, 6) is 3.63. The minimum atomic E-state index is 0.505. The number of rotatable bonds is 4. The standard InChI is InChI=1S/C15H25N3S/c1-11(2)16-10-14-12(3)9-13(4)17-15(14)18-5-7-19-8-6-18/h9,11,16H,5-8,10H2,1-4H3. The van der Waals surface area contributed by atoms with Crippen molar-refractivity contribution < 1.29 is 0 Å². The van der Waals surface area contributed by atoms with E-state index in [1.165, 1.54) is 28.5 Å². The third kappa shape index (κ3) is 3.86. The van der Waals surface area contributed by atoms with Gasteiger partial charge in [0.25, 0.3) is 0 Å². The van der Waals surface area contributed by atoms with Crippen molar-refractivity contribution in [2.24, 2.45) is 0 Å². The Morgan fingerprint density at radius 3 is 2.63 bits per heavy atom. The van der Waals surface area contributed by atoms with Crippen LogP contribution in [0.4, 0.5) is 5.82 Å². The molecule has 1 fully saturated rings. The van der Waals surface area contributed by atoms with Gasteiger partial charge in [-0.3, -0.25) is 0 Å². The lowest BCUT2D eigenvalue weighted by Crippen LogP contribution is -2.35. The molecule has 19 heavy (non-hydrogen) atoms. The quantitative estimate of drug-likeness (QED) is 0.917. The number of anilines is 1. The van der Waals surface area contributed by atoms with Gasteiger partial charge in [0.2, 0.25) is 0 Å². The molecule has 0 atom stereocenters. The molecule has 106 valence electrons. The molecule has 1 aliphatic rings. The maximum atomic E-state index is 4.81. The molecule has 3 nitrogen and oxygen atoms in total.